The second-order valence-electron chi connectivity index (χ2n) is 6.72. The summed E-state index contributed by atoms with van der Waals surface area (Å²) in [5, 5.41) is 10.6. The molecular weight excluding hydrogens is 250 g/mol. The van der Waals surface area contributed by atoms with Crippen LogP contribution in [0.5, 0.6) is 5.75 Å². The molecule has 3 nitrogen and oxygen atoms in total. The second kappa shape index (κ2) is 6.15. The Morgan fingerprint density at radius 2 is 1.95 bits per heavy atom. The van der Waals surface area contributed by atoms with Gasteiger partial charge in [-0.2, -0.15) is 0 Å². The van der Waals surface area contributed by atoms with E-state index >= 15 is 0 Å². The molecule has 0 saturated heterocycles. The lowest BCUT2D eigenvalue weighted by atomic mass is 9.75. The molecule has 3 heteroatoms. The van der Waals surface area contributed by atoms with Crippen molar-refractivity contribution >= 4 is 0 Å². The molecule has 112 valence electrons. The van der Waals surface area contributed by atoms with E-state index in [1.54, 1.807) is 0 Å². The SMILES string of the molecule is CC1(C)CCC(CN)(CCCOc2ccccc2)C1O. The largest absolute Gasteiger partial charge is 0.494 e. The van der Waals surface area contributed by atoms with Crippen LogP contribution in [0.1, 0.15) is 39.5 Å². The summed E-state index contributed by atoms with van der Waals surface area (Å²) in [5.41, 5.74) is 5.84. The van der Waals surface area contributed by atoms with Gasteiger partial charge in [-0.15, -0.1) is 0 Å². The molecule has 0 heterocycles. The van der Waals surface area contributed by atoms with Gasteiger partial charge in [0.25, 0.3) is 0 Å². The summed E-state index contributed by atoms with van der Waals surface area (Å²) >= 11 is 0. The minimum absolute atomic E-state index is 0.0142. The van der Waals surface area contributed by atoms with Crippen molar-refractivity contribution in [1.82, 2.24) is 0 Å². The van der Waals surface area contributed by atoms with Gasteiger partial charge in [0.2, 0.25) is 0 Å². The number of benzene rings is 1. The first-order valence-electron chi connectivity index (χ1n) is 7.56. The Hall–Kier alpha value is -1.06. The Morgan fingerprint density at radius 1 is 1.25 bits per heavy atom. The highest BCUT2D eigenvalue weighted by atomic mass is 16.5. The third-order valence-corrected chi connectivity index (χ3v) is 4.82. The minimum atomic E-state index is -0.309. The zero-order valence-electron chi connectivity index (χ0n) is 12.6. The first-order chi connectivity index (χ1) is 9.50. The Morgan fingerprint density at radius 3 is 2.50 bits per heavy atom. The van der Waals surface area contributed by atoms with Gasteiger partial charge in [-0.3, -0.25) is 0 Å². The van der Waals surface area contributed by atoms with Crippen LogP contribution in [0, 0.1) is 10.8 Å². The summed E-state index contributed by atoms with van der Waals surface area (Å²) in [5.74, 6) is 0.904. The Kier molecular flexibility index (Phi) is 4.71. The van der Waals surface area contributed by atoms with Crippen LogP contribution >= 0.6 is 0 Å². The van der Waals surface area contributed by atoms with Crippen LogP contribution in [-0.4, -0.2) is 24.4 Å². The van der Waals surface area contributed by atoms with E-state index in [1.807, 2.05) is 30.3 Å². The van der Waals surface area contributed by atoms with E-state index in [9.17, 15) is 5.11 Å². The Balaban J connectivity index is 1.83. The summed E-state index contributed by atoms with van der Waals surface area (Å²) in [7, 11) is 0. The zero-order chi connectivity index (χ0) is 14.6. The molecule has 0 spiro atoms. The molecule has 1 fully saturated rings. The molecule has 1 aromatic rings. The van der Waals surface area contributed by atoms with Crippen molar-refractivity contribution in [3.8, 4) is 5.75 Å². The Labute approximate surface area is 122 Å². The van der Waals surface area contributed by atoms with Crippen molar-refractivity contribution in [3.63, 3.8) is 0 Å². The molecule has 1 aliphatic carbocycles. The molecule has 1 aliphatic rings. The van der Waals surface area contributed by atoms with Crippen LogP contribution in [0.15, 0.2) is 30.3 Å². The molecule has 20 heavy (non-hydrogen) atoms. The van der Waals surface area contributed by atoms with Gasteiger partial charge in [0.1, 0.15) is 5.75 Å². The molecule has 0 bridgehead atoms. The summed E-state index contributed by atoms with van der Waals surface area (Å²) in [4.78, 5) is 0. The number of nitrogens with two attached hydrogens (primary N) is 1. The van der Waals surface area contributed by atoms with E-state index in [2.05, 4.69) is 13.8 Å². The Bertz CT molecular complexity index is 418. The highest BCUT2D eigenvalue weighted by Crippen LogP contribution is 2.51. The molecular formula is C17H27NO2. The van der Waals surface area contributed by atoms with Crippen molar-refractivity contribution in [2.45, 2.75) is 45.6 Å². The normalized spacial score (nSPS) is 28.5. The van der Waals surface area contributed by atoms with E-state index < -0.39 is 0 Å². The van der Waals surface area contributed by atoms with Gasteiger partial charge in [-0.1, -0.05) is 32.0 Å². The monoisotopic (exact) mass is 277 g/mol. The fourth-order valence-corrected chi connectivity index (χ4v) is 3.38. The maximum absolute atomic E-state index is 10.6. The van der Waals surface area contributed by atoms with Crippen molar-refractivity contribution in [2.75, 3.05) is 13.2 Å². The molecule has 1 saturated carbocycles. The van der Waals surface area contributed by atoms with Crippen molar-refractivity contribution in [3.05, 3.63) is 30.3 Å². The number of ether oxygens (including phenoxy) is 1. The van der Waals surface area contributed by atoms with Crippen molar-refractivity contribution in [1.29, 1.82) is 0 Å². The summed E-state index contributed by atoms with van der Waals surface area (Å²) in [6.45, 7) is 5.51. The number of para-hydroxylation sites is 1. The molecule has 2 atom stereocenters. The lowest BCUT2D eigenvalue weighted by Crippen LogP contribution is -2.42. The second-order valence-corrected chi connectivity index (χ2v) is 6.72. The molecule has 2 unspecified atom stereocenters. The number of hydrogen-bond donors (Lipinski definition) is 2. The van der Waals surface area contributed by atoms with E-state index in [1.165, 1.54) is 0 Å². The van der Waals surface area contributed by atoms with Gasteiger partial charge >= 0.3 is 0 Å². The lowest BCUT2D eigenvalue weighted by Gasteiger charge is -2.36. The fraction of sp³-hybridized carbons (Fsp3) is 0.647. The van der Waals surface area contributed by atoms with Crippen LogP contribution in [0.25, 0.3) is 0 Å². The number of rotatable bonds is 6. The van der Waals surface area contributed by atoms with Crippen LogP contribution in [0.3, 0.4) is 0 Å². The molecule has 0 amide bonds. The van der Waals surface area contributed by atoms with Gasteiger partial charge in [0.15, 0.2) is 0 Å². The predicted octanol–water partition coefficient (Wildman–Crippen LogP) is 2.97. The standard InChI is InChI=1S/C17H27NO2/c1-16(2)10-11-17(13-18,15(16)19)9-6-12-20-14-7-4-3-5-8-14/h3-5,7-8,15,19H,6,9-13,18H2,1-2H3. The van der Waals surface area contributed by atoms with Gasteiger partial charge in [-0.05, 0) is 43.2 Å². The number of aliphatic hydroxyl groups excluding tert-OH is 1. The third kappa shape index (κ3) is 3.15. The highest BCUT2D eigenvalue weighted by molar-refractivity contribution is 5.20. The van der Waals surface area contributed by atoms with Crippen LogP contribution in [-0.2, 0) is 0 Å². The minimum Gasteiger partial charge on any atom is -0.494 e. The molecule has 2 rings (SSSR count). The lowest BCUT2D eigenvalue weighted by molar-refractivity contribution is -0.0114. The summed E-state index contributed by atoms with van der Waals surface area (Å²) < 4.78 is 5.72. The van der Waals surface area contributed by atoms with E-state index in [0.717, 1.165) is 31.4 Å². The first-order valence-corrected chi connectivity index (χ1v) is 7.56. The zero-order valence-corrected chi connectivity index (χ0v) is 12.6. The molecule has 1 aromatic carbocycles. The topological polar surface area (TPSA) is 55.5 Å². The number of aliphatic hydroxyl groups is 1. The van der Waals surface area contributed by atoms with Crippen LogP contribution < -0.4 is 10.5 Å². The first kappa shape index (κ1) is 15.3. The van der Waals surface area contributed by atoms with Crippen molar-refractivity contribution < 1.29 is 9.84 Å². The summed E-state index contributed by atoms with van der Waals surface area (Å²) in [6, 6.07) is 9.85. The van der Waals surface area contributed by atoms with E-state index in [-0.39, 0.29) is 16.9 Å². The predicted molar refractivity (Wildman–Crippen MR) is 81.7 cm³/mol. The van der Waals surface area contributed by atoms with Gasteiger partial charge < -0.3 is 15.6 Å². The number of hydrogen-bond acceptors (Lipinski definition) is 3. The highest BCUT2D eigenvalue weighted by Gasteiger charge is 2.50. The maximum atomic E-state index is 10.6. The van der Waals surface area contributed by atoms with E-state index in [4.69, 9.17) is 10.5 Å². The van der Waals surface area contributed by atoms with Gasteiger partial charge in [0.05, 0.1) is 12.7 Å². The third-order valence-electron chi connectivity index (χ3n) is 4.82. The van der Waals surface area contributed by atoms with Crippen LogP contribution in [0.2, 0.25) is 0 Å². The van der Waals surface area contributed by atoms with Gasteiger partial charge in [-0.25, -0.2) is 0 Å². The average molecular weight is 277 g/mol. The van der Waals surface area contributed by atoms with Crippen LogP contribution in [0.4, 0.5) is 0 Å². The van der Waals surface area contributed by atoms with E-state index in [0.29, 0.717) is 13.2 Å². The smallest absolute Gasteiger partial charge is 0.119 e. The quantitative estimate of drug-likeness (QED) is 0.786. The molecule has 3 N–H and O–H groups in total. The maximum Gasteiger partial charge on any atom is 0.119 e. The van der Waals surface area contributed by atoms with Gasteiger partial charge in [0, 0.05) is 12.0 Å². The fourth-order valence-electron chi connectivity index (χ4n) is 3.38. The molecule has 0 radical (unpaired) electrons. The molecule has 0 aromatic heterocycles. The average Bonchev–Trinajstić information content (AvgIpc) is 2.69. The summed E-state index contributed by atoms with van der Waals surface area (Å²) in [6.07, 6.45) is 3.62. The molecule has 0 aliphatic heterocycles. The van der Waals surface area contributed by atoms with Crippen molar-refractivity contribution in [2.24, 2.45) is 16.6 Å².